The molecular weight excluding hydrogens is 271 g/mol. The number of rotatable bonds is 3. The summed E-state index contributed by atoms with van der Waals surface area (Å²) in [5, 5.41) is 11.8. The summed E-state index contributed by atoms with van der Waals surface area (Å²) in [6, 6.07) is 2.49. The quantitative estimate of drug-likeness (QED) is 0.834. The molecule has 1 aliphatic heterocycles. The number of hydrogen-bond acceptors (Lipinski definition) is 3. The van der Waals surface area contributed by atoms with Crippen LogP contribution in [0.25, 0.3) is 0 Å². The van der Waals surface area contributed by atoms with Crippen molar-refractivity contribution in [1.82, 2.24) is 5.32 Å². The molecule has 20 heavy (non-hydrogen) atoms. The Labute approximate surface area is 114 Å². The van der Waals surface area contributed by atoms with E-state index in [1.807, 2.05) is 0 Å². The van der Waals surface area contributed by atoms with Gasteiger partial charge in [0.2, 0.25) is 0 Å². The Morgan fingerprint density at radius 1 is 1.45 bits per heavy atom. The van der Waals surface area contributed by atoms with Crippen molar-refractivity contribution in [1.29, 1.82) is 0 Å². The number of benzene rings is 1. The molecule has 6 heteroatoms. The van der Waals surface area contributed by atoms with Gasteiger partial charge >= 0.3 is 0 Å². The molecule has 1 saturated heterocycles. The Bertz CT molecular complexity index is 525. The molecule has 1 heterocycles. The molecule has 0 spiro atoms. The number of carbonyl (C=O) groups is 1. The highest BCUT2D eigenvalue weighted by Gasteiger charge is 2.49. The molecule has 3 nitrogen and oxygen atoms in total. The second-order valence-electron chi connectivity index (χ2n) is 5.38. The number of halogens is 3. The standard InChI is InChI=1S/C14H16F3NO2/c1-13(9-3-2-4-10(15)12(9)16)5-6-14(17,8-20)11(7-19)18-13/h2-4,7,11,18,20H,5-6,8H2,1H3/t11?,13-,14?/m0/s1. The van der Waals surface area contributed by atoms with E-state index in [2.05, 4.69) is 5.32 Å². The average molecular weight is 287 g/mol. The summed E-state index contributed by atoms with van der Waals surface area (Å²) in [6.45, 7) is 0.781. The zero-order valence-electron chi connectivity index (χ0n) is 11.0. The third-order valence-corrected chi connectivity index (χ3v) is 4.02. The van der Waals surface area contributed by atoms with Crippen molar-refractivity contribution in [2.45, 2.75) is 37.0 Å². The molecule has 0 bridgehead atoms. The first-order chi connectivity index (χ1) is 9.36. The van der Waals surface area contributed by atoms with Gasteiger partial charge in [0.05, 0.1) is 6.61 Å². The van der Waals surface area contributed by atoms with E-state index in [-0.39, 0.29) is 18.4 Å². The van der Waals surface area contributed by atoms with Crippen molar-refractivity contribution < 1.29 is 23.1 Å². The Hall–Kier alpha value is -1.40. The Balaban J connectivity index is 2.38. The summed E-state index contributed by atoms with van der Waals surface area (Å²) in [7, 11) is 0. The number of piperidine rings is 1. The van der Waals surface area contributed by atoms with E-state index in [9.17, 15) is 18.0 Å². The summed E-state index contributed by atoms with van der Waals surface area (Å²) in [6.07, 6.45) is 0.367. The highest BCUT2D eigenvalue weighted by Crippen LogP contribution is 2.39. The molecule has 0 radical (unpaired) electrons. The second-order valence-corrected chi connectivity index (χ2v) is 5.38. The minimum Gasteiger partial charge on any atom is -0.393 e. The fourth-order valence-electron chi connectivity index (χ4n) is 2.63. The molecule has 1 fully saturated rings. The van der Waals surface area contributed by atoms with E-state index < -0.39 is 35.5 Å². The number of aldehydes is 1. The predicted octanol–water partition coefficient (Wildman–Crippen LogP) is 1.83. The van der Waals surface area contributed by atoms with Gasteiger partial charge in [-0.3, -0.25) is 5.32 Å². The fourth-order valence-corrected chi connectivity index (χ4v) is 2.63. The fraction of sp³-hybridized carbons (Fsp3) is 0.500. The SMILES string of the molecule is C[C@@]1(c2cccc(F)c2F)CCC(F)(CO)C(C=O)N1. The lowest BCUT2D eigenvalue weighted by Gasteiger charge is -2.45. The van der Waals surface area contributed by atoms with Crippen molar-refractivity contribution in [3.63, 3.8) is 0 Å². The van der Waals surface area contributed by atoms with Gasteiger partial charge < -0.3 is 9.90 Å². The Kier molecular flexibility index (Phi) is 3.88. The third-order valence-electron chi connectivity index (χ3n) is 4.02. The number of aliphatic hydroxyl groups excluding tert-OH is 1. The highest BCUT2D eigenvalue weighted by molar-refractivity contribution is 5.61. The summed E-state index contributed by atoms with van der Waals surface area (Å²) in [5.41, 5.74) is -3.10. The van der Waals surface area contributed by atoms with E-state index in [1.165, 1.54) is 12.1 Å². The summed E-state index contributed by atoms with van der Waals surface area (Å²) in [4.78, 5) is 11.0. The lowest BCUT2D eigenvalue weighted by Crippen LogP contribution is -2.62. The van der Waals surface area contributed by atoms with Crippen LogP contribution in [0.5, 0.6) is 0 Å². The normalized spacial score (nSPS) is 34.0. The zero-order valence-corrected chi connectivity index (χ0v) is 11.0. The van der Waals surface area contributed by atoms with Crippen LogP contribution < -0.4 is 5.32 Å². The molecule has 1 aromatic carbocycles. The lowest BCUT2D eigenvalue weighted by atomic mass is 9.76. The second kappa shape index (κ2) is 5.18. The predicted molar refractivity (Wildman–Crippen MR) is 66.9 cm³/mol. The number of hydrogen-bond donors (Lipinski definition) is 2. The van der Waals surface area contributed by atoms with Crippen LogP contribution in [0.1, 0.15) is 25.3 Å². The van der Waals surface area contributed by atoms with Gasteiger partial charge in [-0.1, -0.05) is 12.1 Å². The first-order valence-corrected chi connectivity index (χ1v) is 6.33. The number of aliphatic hydroxyl groups is 1. The monoisotopic (exact) mass is 287 g/mol. The van der Waals surface area contributed by atoms with Gasteiger partial charge in [-0.25, -0.2) is 13.2 Å². The summed E-state index contributed by atoms with van der Waals surface area (Å²) >= 11 is 0. The lowest BCUT2D eigenvalue weighted by molar-refractivity contribution is -0.118. The van der Waals surface area contributed by atoms with Gasteiger partial charge in [-0.15, -0.1) is 0 Å². The number of nitrogens with one attached hydrogen (secondary N) is 1. The largest absolute Gasteiger partial charge is 0.393 e. The van der Waals surface area contributed by atoms with Crippen LogP contribution in [-0.4, -0.2) is 29.7 Å². The van der Waals surface area contributed by atoms with Crippen molar-refractivity contribution in [3.8, 4) is 0 Å². The molecule has 0 aromatic heterocycles. The molecule has 2 N–H and O–H groups in total. The van der Waals surface area contributed by atoms with Gasteiger partial charge in [0, 0.05) is 11.1 Å². The maximum atomic E-state index is 14.3. The van der Waals surface area contributed by atoms with Gasteiger partial charge in [0.15, 0.2) is 17.3 Å². The summed E-state index contributed by atoms with van der Waals surface area (Å²) in [5.74, 6) is -2.00. The minimum atomic E-state index is -2.08. The first-order valence-electron chi connectivity index (χ1n) is 6.33. The van der Waals surface area contributed by atoms with Crippen LogP contribution in [-0.2, 0) is 10.3 Å². The van der Waals surface area contributed by atoms with Crippen molar-refractivity contribution in [2.24, 2.45) is 0 Å². The van der Waals surface area contributed by atoms with E-state index in [4.69, 9.17) is 5.11 Å². The molecule has 0 saturated carbocycles. The van der Waals surface area contributed by atoms with Crippen LogP contribution in [0.3, 0.4) is 0 Å². The molecule has 2 rings (SSSR count). The van der Waals surface area contributed by atoms with Crippen molar-refractivity contribution in [2.75, 3.05) is 6.61 Å². The van der Waals surface area contributed by atoms with E-state index >= 15 is 0 Å². The maximum Gasteiger partial charge on any atom is 0.163 e. The molecule has 110 valence electrons. The van der Waals surface area contributed by atoms with Crippen LogP contribution in [0.2, 0.25) is 0 Å². The average Bonchev–Trinajstić information content (AvgIpc) is 2.44. The van der Waals surface area contributed by atoms with E-state index in [0.29, 0.717) is 6.29 Å². The maximum absolute atomic E-state index is 14.3. The molecular formula is C14H16F3NO2. The van der Waals surface area contributed by atoms with Gasteiger partial charge in [0.25, 0.3) is 0 Å². The van der Waals surface area contributed by atoms with E-state index in [1.54, 1.807) is 6.92 Å². The van der Waals surface area contributed by atoms with Gasteiger partial charge in [0.1, 0.15) is 12.3 Å². The van der Waals surface area contributed by atoms with Crippen LogP contribution in [0.15, 0.2) is 18.2 Å². The molecule has 1 aromatic rings. The summed E-state index contributed by atoms with van der Waals surface area (Å²) < 4.78 is 41.5. The van der Waals surface area contributed by atoms with E-state index in [0.717, 1.165) is 6.07 Å². The van der Waals surface area contributed by atoms with Crippen LogP contribution >= 0.6 is 0 Å². The molecule has 3 atom stereocenters. The molecule has 1 aliphatic rings. The number of alkyl halides is 1. The molecule has 0 aliphatic carbocycles. The van der Waals surface area contributed by atoms with Crippen LogP contribution in [0.4, 0.5) is 13.2 Å². The van der Waals surface area contributed by atoms with Gasteiger partial charge in [-0.2, -0.15) is 0 Å². The van der Waals surface area contributed by atoms with Crippen molar-refractivity contribution in [3.05, 3.63) is 35.4 Å². The molecule has 2 unspecified atom stereocenters. The highest BCUT2D eigenvalue weighted by atomic mass is 19.2. The first kappa shape index (κ1) is 15.0. The Morgan fingerprint density at radius 2 is 2.15 bits per heavy atom. The third kappa shape index (κ3) is 2.33. The number of carbonyl (C=O) groups excluding carboxylic acids is 1. The van der Waals surface area contributed by atoms with Crippen molar-refractivity contribution >= 4 is 6.29 Å². The smallest absolute Gasteiger partial charge is 0.163 e. The topological polar surface area (TPSA) is 49.3 Å². The Morgan fingerprint density at radius 3 is 2.75 bits per heavy atom. The zero-order chi connectivity index (χ0) is 15.0. The minimum absolute atomic E-state index is 0.0457. The van der Waals surface area contributed by atoms with Crippen LogP contribution in [0, 0.1) is 11.6 Å². The van der Waals surface area contributed by atoms with Gasteiger partial charge in [-0.05, 0) is 25.8 Å². The molecule has 0 amide bonds.